The van der Waals surface area contributed by atoms with Gasteiger partial charge < -0.3 is 10.4 Å². The SMILES string of the molecule is CC(Nc1cccc(O)c1)C1CCC1. The summed E-state index contributed by atoms with van der Waals surface area (Å²) in [5, 5.41) is 12.7. The minimum Gasteiger partial charge on any atom is -0.508 e. The Balaban J connectivity index is 1.95. The van der Waals surface area contributed by atoms with Crippen LogP contribution in [0.1, 0.15) is 26.2 Å². The molecule has 1 saturated carbocycles. The molecule has 76 valence electrons. The predicted molar refractivity (Wildman–Crippen MR) is 58.5 cm³/mol. The summed E-state index contributed by atoms with van der Waals surface area (Å²) < 4.78 is 0. The average Bonchev–Trinajstić information content (AvgIpc) is 1.99. The summed E-state index contributed by atoms with van der Waals surface area (Å²) in [6, 6.07) is 7.85. The molecule has 1 unspecified atom stereocenters. The number of aromatic hydroxyl groups is 1. The van der Waals surface area contributed by atoms with Crippen molar-refractivity contribution in [3.63, 3.8) is 0 Å². The Kier molecular flexibility index (Phi) is 2.62. The second kappa shape index (κ2) is 3.91. The summed E-state index contributed by atoms with van der Waals surface area (Å²) in [6.07, 6.45) is 4.05. The molecular weight excluding hydrogens is 174 g/mol. The molecular formula is C12H17NO. The third-order valence-electron chi connectivity index (χ3n) is 3.10. The highest BCUT2D eigenvalue weighted by Crippen LogP contribution is 2.31. The van der Waals surface area contributed by atoms with E-state index in [1.807, 2.05) is 12.1 Å². The van der Waals surface area contributed by atoms with Gasteiger partial charge in [-0.15, -0.1) is 0 Å². The van der Waals surface area contributed by atoms with Crippen LogP contribution in [0, 0.1) is 5.92 Å². The van der Waals surface area contributed by atoms with E-state index in [0.29, 0.717) is 11.8 Å². The molecule has 1 aliphatic rings. The molecule has 1 aromatic rings. The van der Waals surface area contributed by atoms with Gasteiger partial charge in [-0.05, 0) is 37.8 Å². The van der Waals surface area contributed by atoms with E-state index in [1.54, 1.807) is 12.1 Å². The van der Waals surface area contributed by atoms with Crippen molar-refractivity contribution in [1.82, 2.24) is 0 Å². The third kappa shape index (κ3) is 2.00. The number of hydrogen-bond donors (Lipinski definition) is 2. The van der Waals surface area contributed by atoms with Gasteiger partial charge in [-0.2, -0.15) is 0 Å². The molecule has 2 heteroatoms. The number of rotatable bonds is 3. The molecule has 0 spiro atoms. The number of anilines is 1. The van der Waals surface area contributed by atoms with Gasteiger partial charge in [0.1, 0.15) is 5.75 Å². The van der Waals surface area contributed by atoms with Crippen LogP contribution in [0.2, 0.25) is 0 Å². The molecule has 1 fully saturated rings. The second-order valence-electron chi connectivity index (χ2n) is 4.17. The number of benzene rings is 1. The first-order chi connectivity index (χ1) is 6.75. The van der Waals surface area contributed by atoms with Crippen LogP contribution in [0.4, 0.5) is 5.69 Å². The zero-order valence-electron chi connectivity index (χ0n) is 8.53. The van der Waals surface area contributed by atoms with Gasteiger partial charge in [0.05, 0.1) is 0 Å². The Labute approximate surface area is 85.0 Å². The lowest BCUT2D eigenvalue weighted by Gasteiger charge is -2.32. The number of phenols is 1. The van der Waals surface area contributed by atoms with Crippen molar-refractivity contribution in [2.24, 2.45) is 5.92 Å². The molecule has 0 aromatic heterocycles. The zero-order valence-corrected chi connectivity index (χ0v) is 8.53. The topological polar surface area (TPSA) is 32.3 Å². The fourth-order valence-electron chi connectivity index (χ4n) is 1.92. The van der Waals surface area contributed by atoms with Crippen molar-refractivity contribution in [2.45, 2.75) is 32.2 Å². The Morgan fingerprint density at radius 2 is 2.21 bits per heavy atom. The maximum absolute atomic E-state index is 9.30. The summed E-state index contributed by atoms with van der Waals surface area (Å²) in [7, 11) is 0. The standard InChI is InChI=1S/C12H17NO/c1-9(10-4-2-5-10)13-11-6-3-7-12(14)8-11/h3,6-10,13-14H,2,4-5H2,1H3. The van der Waals surface area contributed by atoms with E-state index in [-0.39, 0.29) is 0 Å². The van der Waals surface area contributed by atoms with E-state index < -0.39 is 0 Å². The van der Waals surface area contributed by atoms with Crippen LogP contribution in [-0.2, 0) is 0 Å². The first kappa shape index (κ1) is 9.38. The van der Waals surface area contributed by atoms with E-state index in [2.05, 4.69) is 12.2 Å². The maximum atomic E-state index is 9.30. The average molecular weight is 191 g/mol. The van der Waals surface area contributed by atoms with Crippen LogP contribution < -0.4 is 5.32 Å². The van der Waals surface area contributed by atoms with Crippen molar-refractivity contribution in [1.29, 1.82) is 0 Å². The van der Waals surface area contributed by atoms with Gasteiger partial charge in [0.15, 0.2) is 0 Å². The van der Waals surface area contributed by atoms with Crippen LogP contribution in [0.5, 0.6) is 5.75 Å². The molecule has 0 heterocycles. The molecule has 1 aliphatic carbocycles. The van der Waals surface area contributed by atoms with Gasteiger partial charge in [0, 0.05) is 17.8 Å². The van der Waals surface area contributed by atoms with E-state index in [4.69, 9.17) is 0 Å². The lowest BCUT2D eigenvalue weighted by atomic mass is 9.80. The lowest BCUT2D eigenvalue weighted by Crippen LogP contribution is -2.30. The number of nitrogens with one attached hydrogen (secondary N) is 1. The Morgan fingerprint density at radius 3 is 2.79 bits per heavy atom. The minimum atomic E-state index is 0.329. The first-order valence-electron chi connectivity index (χ1n) is 5.31. The second-order valence-corrected chi connectivity index (χ2v) is 4.17. The van der Waals surface area contributed by atoms with Crippen LogP contribution >= 0.6 is 0 Å². The Morgan fingerprint density at radius 1 is 1.43 bits per heavy atom. The van der Waals surface area contributed by atoms with Crippen molar-refractivity contribution in [3.8, 4) is 5.75 Å². The van der Waals surface area contributed by atoms with E-state index in [1.165, 1.54) is 19.3 Å². The smallest absolute Gasteiger partial charge is 0.117 e. The fourth-order valence-corrected chi connectivity index (χ4v) is 1.92. The zero-order chi connectivity index (χ0) is 9.97. The van der Waals surface area contributed by atoms with E-state index in [0.717, 1.165) is 11.6 Å². The molecule has 1 aromatic carbocycles. The van der Waals surface area contributed by atoms with E-state index >= 15 is 0 Å². The Bertz CT molecular complexity index is 307. The van der Waals surface area contributed by atoms with Gasteiger partial charge in [-0.3, -0.25) is 0 Å². The maximum Gasteiger partial charge on any atom is 0.117 e. The number of phenolic OH excluding ortho intramolecular Hbond substituents is 1. The van der Waals surface area contributed by atoms with Gasteiger partial charge in [-0.1, -0.05) is 12.5 Å². The molecule has 0 radical (unpaired) electrons. The summed E-state index contributed by atoms with van der Waals surface area (Å²) in [5.41, 5.74) is 1.02. The highest BCUT2D eigenvalue weighted by atomic mass is 16.3. The third-order valence-corrected chi connectivity index (χ3v) is 3.10. The largest absolute Gasteiger partial charge is 0.508 e. The van der Waals surface area contributed by atoms with Crippen LogP contribution in [0.3, 0.4) is 0 Å². The van der Waals surface area contributed by atoms with Crippen molar-refractivity contribution >= 4 is 5.69 Å². The summed E-state index contributed by atoms with van der Waals surface area (Å²) in [4.78, 5) is 0. The first-order valence-corrected chi connectivity index (χ1v) is 5.31. The minimum absolute atomic E-state index is 0.329. The van der Waals surface area contributed by atoms with E-state index in [9.17, 15) is 5.11 Å². The molecule has 0 amide bonds. The van der Waals surface area contributed by atoms with Gasteiger partial charge >= 0.3 is 0 Å². The van der Waals surface area contributed by atoms with Crippen molar-refractivity contribution in [2.75, 3.05) is 5.32 Å². The summed E-state index contributed by atoms with van der Waals surface area (Å²) >= 11 is 0. The molecule has 2 nitrogen and oxygen atoms in total. The molecule has 0 saturated heterocycles. The quantitative estimate of drug-likeness (QED) is 0.769. The number of hydrogen-bond acceptors (Lipinski definition) is 2. The van der Waals surface area contributed by atoms with Crippen LogP contribution in [0.15, 0.2) is 24.3 Å². The predicted octanol–water partition coefficient (Wildman–Crippen LogP) is 2.99. The summed E-state index contributed by atoms with van der Waals surface area (Å²) in [5.74, 6) is 1.15. The lowest BCUT2D eigenvalue weighted by molar-refractivity contribution is 0.285. The normalized spacial score (nSPS) is 18.6. The highest BCUT2D eigenvalue weighted by Gasteiger charge is 2.23. The van der Waals surface area contributed by atoms with Crippen molar-refractivity contribution < 1.29 is 5.11 Å². The highest BCUT2D eigenvalue weighted by molar-refractivity contribution is 5.48. The fraction of sp³-hybridized carbons (Fsp3) is 0.500. The summed E-state index contributed by atoms with van der Waals surface area (Å²) in [6.45, 7) is 2.22. The van der Waals surface area contributed by atoms with Crippen LogP contribution in [0.25, 0.3) is 0 Å². The van der Waals surface area contributed by atoms with Gasteiger partial charge in [0.25, 0.3) is 0 Å². The molecule has 0 aliphatic heterocycles. The molecule has 2 N–H and O–H groups in total. The van der Waals surface area contributed by atoms with Crippen molar-refractivity contribution in [3.05, 3.63) is 24.3 Å². The Hall–Kier alpha value is -1.18. The molecule has 2 rings (SSSR count). The van der Waals surface area contributed by atoms with Gasteiger partial charge in [-0.25, -0.2) is 0 Å². The van der Waals surface area contributed by atoms with Crippen LogP contribution in [-0.4, -0.2) is 11.1 Å². The molecule has 1 atom stereocenters. The van der Waals surface area contributed by atoms with Gasteiger partial charge in [0.2, 0.25) is 0 Å². The monoisotopic (exact) mass is 191 g/mol. The molecule has 14 heavy (non-hydrogen) atoms. The molecule has 0 bridgehead atoms.